The highest BCUT2D eigenvalue weighted by Crippen LogP contribution is 2.48. The van der Waals surface area contributed by atoms with Gasteiger partial charge in [-0.2, -0.15) is 0 Å². The predicted molar refractivity (Wildman–Crippen MR) is 128 cm³/mol. The van der Waals surface area contributed by atoms with Crippen LogP contribution in [0.2, 0.25) is 0 Å². The lowest BCUT2D eigenvalue weighted by molar-refractivity contribution is 0.278. The molecule has 29 heavy (non-hydrogen) atoms. The Balaban J connectivity index is 1.72. The molecule has 2 heterocycles. The van der Waals surface area contributed by atoms with Gasteiger partial charge in [-0.1, -0.05) is 76.0 Å². The molecule has 2 unspecified atom stereocenters. The Morgan fingerprint density at radius 3 is 2.79 bits per heavy atom. The monoisotopic (exact) mass is 405 g/mol. The topological polar surface area (TPSA) is 3.24 Å². The van der Waals surface area contributed by atoms with Crippen molar-refractivity contribution in [2.75, 3.05) is 6.54 Å². The summed E-state index contributed by atoms with van der Waals surface area (Å²) in [6.07, 6.45) is 26.5. The van der Waals surface area contributed by atoms with Crippen LogP contribution < -0.4 is 0 Å². The van der Waals surface area contributed by atoms with Crippen molar-refractivity contribution in [1.82, 2.24) is 4.90 Å². The Hall–Kier alpha value is -1.80. The molecule has 0 aromatic carbocycles. The first kappa shape index (κ1) is 20.5. The summed E-state index contributed by atoms with van der Waals surface area (Å²) >= 11 is 1.96. The van der Waals surface area contributed by atoms with Crippen LogP contribution in [0.3, 0.4) is 0 Å². The van der Waals surface area contributed by atoms with Gasteiger partial charge >= 0.3 is 0 Å². The number of hydrogen-bond acceptors (Lipinski definition) is 2. The highest BCUT2D eigenvalue weighted by atomic mass is 32.1. The van der Waals surface area contributed by atoms with Gasteiger partial charge in [-0.3, -0.25) is 0 Å². The van der Waals surface area contributed by atoms with Crippen molar-refractivity contribution in [2.45, 2.75) is 71.3 Å². The average molecular weight is 406 g/mol. The van der Waals surface area contributed by atoms with E-state index < -0.39 is 0 Å². The number of thiophene rings is 1. The van der Waals surface area contributed by atoms with Crippen molar-refractivity contribution in [2.24, 2.45) is 5.92 Å². The van der Waals surface area contributed by atoms with Gasteiger partial charge in [0.1, 0.15) is 0 Å². The van der Waals surface area contributed by atoms with Gasteiger partial charge < -0.3 is 4.90 Å². The molecule has 154 valence electrons. The number of hydrogen-bond donors (Lipinski definition) is 0. The summed E-state index contributed by atoms with van der Waals surface area (Å²) in [6, 6.07) is 2.79. The van der Waals surface area contributed by atoms with Crippen LogP contribution in [0.5, 0.6) is 0 Å². The van der Waals surface area contributed by atoms with E-state index in [-0.39, 0.29) is 0 Å². The maximum atomic E-state index is 2.69. The van der Waals surface area contributed by atoms with Gasteiger partial charge in [0.05, 0.1) is 6.04 Å². The minimum absolute atomic E-state index is 0.394. The van der Waals surface area contributed by atoms with E-state index in [9.17, 15) is 0 Å². The van der Waals surface area contributed by atoms with E-state index in [2.05, 4.69) is 72.7 Å². The zero-order valence-corrected chi connectivity index (χ0v) is 18.9. The summed E-state index contributed by atoms with van der Waals surface area (Å²) in [4.78, 5) is 4.24. The van der Waals surface area contributed by atoms with E-state index in [1.54, 1.807) is 21.6 Å². The van der Waals surface area contributed by atoms with E-state index in [0.717, 1.165) is 13.0 Å². The summed E-state index contributed by atoms with van der Waals surface area (Å²) in [5.41, 5.74) is 6.26. The molecule has 0 radical (unpaired) electrons. The standard InChI is InChI=1S/C27H35NS/c1-3-5-7-8-13-21-18-20-29-27(21)26-22-14-9-11-16-24(22)28(19-6-4-2)25-17-12-10-15-23(25)26/h9-12,14,16-18,20,23-24H,3-8,13,15,19H2,1-2H3. The van der Waals surface area contributed by atoms with Crippen molar-refractivity contribution in [3.8, 4) is 0 Å². The van der Waals surface area contributed by atoms with Crippen molar-refractivity contribution in [3.63, 3.8) is 0 Å². The Morgan fingerprint density at radius 2 is 1.93 bits per heavy atom. The summed E-state index contributed by atoms with van der Waals surface area (Å²) in [5.74, 6) is 0.507. The van der Waals surface area contributed by atoms with Gasteiger partial charge in [0.25, 0.3) is 0 Å². The quantitative estimate of drug-likeness (QED) is 0.380. The van der Waals surface area contributed by atoms with Gasteiger partial charge in [0.2, 0.25) is 0 Å². The van der Waals surface area contributed by atoms with E-state index in [0.29, 0.717) is 12.0 Å². The van der Waals surface area contributed by atoms with Crippen molar-refractivity contribution in [1.29, 1.82) is 0 Å². The molecule has 0 N–H and O–H groups in total. The number of aryl methyl sites for hydroxylation is 1. The molecule has 1 nitrogen and oxygen atoms in total. The largest absolute Gasteiger partial charge is 0.364 e. The molecular formula is C27H35NS. The first-order valence-corrected chi connectivity index (χ1v) is 12.5. The van der Waals surface area contributed by atoms with Crippen LogP contribution in [0, 0.1) is 5.92 Å². The van der Waals surface area contributed by atoms with Crippen molar-refractivity contribution < 1.29 is 0 Å². The van der Waals surface area contributed by atoms with Gasteiger partial charge in [0, 0.05) is 23.0 Å². The summed E-state index contributed by atoms with van der Waals surface area (Å²) in [7, 11) is 0. The van der Waals surface area contributed by atoms with E-state index in [4.69, 9.17) is 0 Å². The highest BCUT2D eigenvalue weighted by Gasteiger charge is 2.38. The molecule has 0 saturated heterocycles. The third-order valence-corrected chi connectivity index (χ3v) is 7.49. The molecule has 4 rings (SSSR count). The van der Waals surface area contributed by atoms with Crippen LogP contribution in [-0.2, 0) is 6.42 Å². The molecule has 0 fully saturated rings. The van der Waals surface area contributed by atoms with Crippen LogP contribution >= 0.6 is 11.3 Å². The lowest BCUT2D eigenvalue weighted by Gasteiger charge is -2.46. The van der Waals surface area contributed by atoms with Gasteiger partial charge in [-0.15, -0.1) is 11.3 Å². The van der Waals surface area contributed by atoms with Gasteiger partial charge in [-0.05, 0) is 59.9 Å². The third-order valence-electron chi connectivity index (χ3n) is 6.50. The van der Waals surface area contributed by atoms with Crippen LogP contribution in [0.25, 0.3) is 5.57 Å². The van der Waals surface area contributed by atoms with Gasteiger partial charge in [-0.25, -0.2) is 0 Å². The smallest absolute Gasteiger partial charge is 0.0730 e. The van der Waals surface area contributed by atoms with E-state index in [1.807, 2.05) is 11.3 Å². The minimum Gasteiger partial charge on any atom is -0.364 e. The molecule has 1 aromatic heterocycles. The Bertz CT molecular complexity index is 848. The molecule has 2 heteroatoms. The number of nitrogens with zero attached hydrogens (tertiary/aromatic N) is 1. The molecule has 2 aliphatic carbocycles. The normalized spacial score (nSPS) is 22.7. The van der Waals surface area contributed by atoms with Crippen LogP contribution in [0.1, 0.15) is 69.2 Å². The summed E-state index contributed by atoms with van der Waals surface area (Å²) in [5, 5.41) is 2.32. The average Bonchev–Trinajstić information content (AvgIpc) is 3.22. The fraction of sp³-hybridized carbons (Fsp3) is 0.481. The summed E-state index contributed by atoms with van der Waals surface area (Å²) in [6.45, 7) is 5.74. The lowest BCUT2D eigenvalue weighted by Crippen LogP contribution is -2.43. The SMILES string of the molecule is CCCCCCc1ccsc1C1=C2C=CC=CC2N(CCCC)C2=CC=CCC21. The second-order valence-electron chi connectivity index (χ2n) is 8.50. The number of allylic oxidation sites excluding steroid dienone is 6. The predicted octanol–water partition coefficient (Wildman–Crippen LogP) is 7.69. The number of rotatable bonds is 9. The Kier molecular flexibility index (Phi) is 6.92. The lowest BCUT2D eigenvalue weighted by atomic mass is 9.76. The zero-order chi connectivity index (χ0) is 20.1. The van der Waals surface area contributed by atoms with Crippen LogP contribution in [0.15, 0.2) is 65.2 Å². The maximum Gasteiger partial charge on any atom is 0.0730 e. The Morgan fingerprint density at radius 1 is 1.03 bits per heavy atom. The second kappa shape index (κ2) is 9.80. The summed E-state index contributed by atoms with van der Waals surface area (Å²) < 4.78 is 0. The molecule has 1 aliphatic heterocycles. The Labute approximate surface area is 181 Å². The molecule has 0 bridgehead atoms. The fourth-order valence-corrected chi connectivity index (χ4v) is 6.07. The first-order valence-electron chi connectivity index (χ1n) is 11.6. The first-order chi connectivity index (χ1) is 14.3. The fourth-order valence-electron chi connectivity index (χ4n) is 4.99. The molecule has 0 amide bonds. The van der Waals surface area contributed by atoms with E-state index in [1.165, 1.54) is 50.6 Å². The third kappa shape index (κ3) is 4.23. The zero-order valence-electron chi connectivity index (χ0n) is 18.1. The molecular weight excluding hydrogens is 370 g/mol. The maximum absolute atomic E-state index is 2.69. The molecule has 2 atom stereocenters. The van der Waals surface area contributed by atoms with Gasteiger partial charge in [0.15, 0.2) is 0 Å². The van der Waals surface area contributed by atoms with Crippen molar-refractivity contribution in [3.05, 3.63) is 75.7 Å². The molecule has 0 spiro atoms. The van der Waals surface area contributed by atoms with E-state index >= 15 is 0 Å². The number of fused-ring (bicyclic) bond motifs is 2. The molecule has 3 aliphatic rings. The minimum atomic E-state index is 0.394. The second-order valence-corrected chi connectivity index (χ2v) is 9.41. The van der Waals surface area contributed by atoms with Crippen LogP contribution in [0.4, 0.5) is 0 Å². The highest BCUT2D eigenvalue weighted by molar-refractivity contribution is 7.11. The van der Waals surface area contributed by atoms with Crippen LogP contribution in [-0.4, -0.2) is 17.5 Å². The molecule has 1 aromatic rings. The number of unbranched alkanes of at least 4 members (excludes halogenated alkanes) is 4. The van der Waals surface area contributed by atoms with Crippen molar-refractivity contribution >= 4 is 16.9 Å². The molecule has 0 saturated carbocycles.